The van der Waals surface area contributed by atoms with Gasteiger partial charge in [0.25, 0.3) is 0 Å². The molecule has 2 aliphatic heterocycles. The molecule has 23 heavy (non-hydrogen) atoms. The van der Waals surface area contributed by atoms with Crippen LogP contribution < -0.4 is 0 Å². The average Bonchev–Trinajstić information content (AvgIpc) is 3.09. The van der Waals surface area contributed by atoms with Gasteiger partial charge in [0.15, 0.2) is 0 Å². The van der Waals surface area contributed by atoms with Gasteiger partial charge < -0.3 is 9.64 Å². The fourth-order valence-corrected chi connectivity index (χ4v) is 3.83. The molecule has 120 valence electrons. The molecule has 1 fully saturated rings. The average molecular weight is 331 g/mol. The van der Waals surface area contributed by atoms with Gasteiger partial charge in [-0.2, -0.15) is 0 Å². The summed E-state index contributed by atoms with van der Waals surface area (Å²) >= 11 is 1.47. The number of thioether (sulfide) groups is 1. The number of ether oxygens (including phenoxy) is 1. The number of hydrogen-bond donors (Lipinski definition) is 0. The number of hydrogen-bond acceptors (Lipinski definition) is 6. The van der Waals surface area contributed by atoms with Crippen LogP contribution in [0.1, 0.15) is 18.2 Å². The zero-order valence-electron chi connectivity index (χ0n) is 12.5. The summed E-state index contributed by atoms with van der Waals surface area (Å²) in [5.74, 6) is 0.533. The normalized spacial score (nSPS) is 23.2. The van der Waals surface area contributed by atoms with Crippen molar-refractivity contribution >= 4 is 17.7 Å². The number of nitrogens with zero attached hydrogens (tertiary/aromatic N) is 5. The fraction of sp³-hybridized carbons (Fsp3) is 0.467. The van der Waals surface area contributed by atoms with Gasteiger partial charge in [0.2, 0.25) is 5.91 Å². The number of pyridine rings is 1. The number of amides is 1. The summed E-state index contributed by atoms with van der Waals surface area (Å²) in [7, 11) is 0. The van der Waals surface area contributed by atoms with Crippen LogP contribution in [0.25, 0.3) is 0 Å². The number of rotatable bonds is 3. The minimum absolute atomic E-state index is 0.0683. The summed E-state index contributed by atoms with van der Waals surface area (Å²) in [5, 5.41) is 8.99. The minimum Gasteiger partial charge on any atom is -0.370 e. The molecule has 7 nitrogen and oxygen atoms in total. The maximum Gasteiger partial charge on any atom is 0.233 e. The highest BCUT2D eigenvalue weighted by atomic mass is 32.2. The van der Waals surface area contributed by atoms with Crippen LogP contribution in [0.3, 0.4) is 0 Å². The zero-order chi connectivity index (χ0) is 15.6. The fourth-order valence-electron chi connectivity index (χ4n) is 3.07. The third-order valence-electron chi connectivity index (χ3n) is 4.26. The van der Waals surface area contributed by atoms with Crippen molar-refractivity contribution in [2.75, 3.05) is 18.8 Å². The molecule has 0 aromatic carbocycles. The molecule has 2 aromatic rings. The quantitative estimate of drug-likeness (QED) is 0.785. The maximum absolute atomic E-state index is 12.5. The molecule has 0 bridgehead atoms. The molecule has 0 aliphatic carbocycles. The molecule has 2 aliphatic rings. The van der Waals surface area contributed by atoms with E-state index in [9.17, 15) is 4.79 Å². The van der Waals surface area contributed by atoms with Crippen molar-refractivity contribution in [1.82, 2.24) is 24.9 Å². The second-order valence-corrected chi connectivity index (χ2v) is 6.67. The Hall–Kier alpha value is -1.93. The Labute approximate surface area is 138 Å². The second kappa shape index (κ2) is 6.29. The van der Waals surface area contributed by atoms with Crippen LogP contribution in [-0.2, 0) is 16.1 Å². The van der Waals surface area contributed by atoms with Gasteiger partial charge >= 0.3 is 0 Å². The van der Waals surface area contributed by atoms with Crippen molar-refractivity contribution < 1.29 is 9.53 Å². The van der Waals surface area contributed by atoms with Gasteiger partial charge in [0.1, 0.15) is 0 Å². The number of carbonyl (C=O) groups excluding carboxylic acids is 1. The molecule has 4 heterocycles. The van der Waals surface area contributed by atoms with E-state index < -0.39 is 0 Å². The van der Waals surface area contributed by atoms with E-state index in [4.69, 9.17) is 4.74 Å². The van der Waals surface area contributed by atoms with Crippen molar-refractivity contribution in [3.63, 3.8) is 0 Å². The molecule has 8 heteroatoms. The molecule has 1 saturated heterocycles. The van der Waals surface area contributed by atoms with Crippen LogP contribution in [0.4, 0.5) is 0 Å². The Morgan fingerprint density at radius 3 is 3.26 bits per heavy atom. The highest BCUT2D eigenvalue weighted by Gasteiger charge is 2.37. The van der Waals surface area contributed by atoms with E-state index in [0.29, 0.717) is 18.9 Å². The standard InChI is InChI=1S/C15H17N5O2S/c21-15(10-23-14-3-1-2-5-16-14)19-6-4-13-12(8-19)20-11(9-22-13)7-17-18-20/h1-3,5,7,12-13H,4,6,8-10H2/t12-,13-/m1/s1. The first kappa shape index (κ1) is 14.6. The number of aromatic nitrogens is 4. The third kappa shape index (κ3) is 2.96. The highest BCUT2D eigenvalue weighted by Crippen LogP contribution is 2.30. The molecule has 2 aromatic heterocycles. The van der Waals surface area contributed by atoms with Crippen LogP contribution in [0, 0.1) is 0 Å². The molecular weight excluding hydrogens is 314 g/mol. The highest BCUT2D eigenvalue weighted by molar-refractivity contribution is 7.99. The van der Waals surface area contributed by atoms with E-state index in [1.54, 1.807) is 12.4 Å². The molecular formula is C15H17N5O2S. The maximum atomic E-state index is 12.5. The summed E-state index contributed by atoms with van der Waals surface area (Å²) in [6.07, 6.45) is 4.43. The lowest BCUT2D eigenvalue weighted by atomic mass is 10.0. The Morgan fingerprint density at radius 1 is 1.43 bits per heavy atom. The Morgan fingerprint density at radius 2 is 2.39 bits per heavy atom. The van der Waals surface area contributed by atoms with E-state index in [-0.39, 0.29) is 18.1 Å². The van der Waals surface area contributed by atoms with Gasteiger partial charge in [-0.05, 0) is 18.6 Å². The number of fused-ring (bicyclic) bond motifs is 3. The van der Waals surface area contributed by atoms with Crippen molar-refractivity contribution in [3.05, 3.63) is 36.3 Å². The van der Waals surface area contributed by atoms with Gasteiger partial charge in [-0.25, -0.2) is 9.67 Å². The zero-order valence-corrected chi connectivity index (χ0v) is 13.4. The molecule has 0 saturated carbocycles. The van der Waals surface area contributed by atoms with E-state index in [0.717, 1.165) is 23.7 Å². The van der Waals surface area contributed by atoms with E-state index in [1.807, 2.05) is 27.8 Å². The smallest absolute Gasteiger partial charge is 0.233 e. The first-order valence-corrected chi connectivity index (χ1v) is 8.62. The lowest BCUT2D eigenvalue weighted by Gasteiger charge is -2.41. The first-order valence-electron chi connectivity index (χ1n) is 7.63. The van der Waals surface area contributed by atoms with Gasteiger partial charge in [0.05, 0.1) is 41.4 Å². The lowest BCUT2D eigenvalue weighted by molar-refractivity contribution is -0.135. The van der Waals surface area contributed by atoms with E-state index in [2.05, 4.69) is 15.3 Å². The monoisotopic (exact) mass is 331 g/mol. The number of carbonyl (C=O) groups is 1. The van der Waals surface area contributed by atoms with Crippen molar-refractivity contribution in [3.8, 4) is 0 Å². The van der Waals surface area contributed by atoms with Gasteiger partial charge in [-0.3, -0.25) is 4.79 Å². The van der Waals surface area contributed by atoms with E-state index in [1.165, 1.54) is 11.8 Å². The summed E-state index contributed by atoms with van der Waals surface area (Å²) in [6, 6.07) is 5.78. The van der Waals surface area contributed by atoms with Crippen LogP contribution >= 0.6 is 11.8 Å². The molecule has 0 radical (unpaired) electrons. The Balaban J connectivity index is 1.40. The predicted molar refractivity (Wildman–Crippen MR) is 83.8 cm³/mol. The summed E-state index contributed by atoms with van der Waals surface area (Å²) < 4.78 is 7.79. The topological polar surface area (TPSA) is 73.1 Å². The SMILES string of the molecule is O=C(CSc1ccccn1)N1CC[C@H]2OCc3cnnn3[C@@H]2C1. The van der Waals surface area contributed by atoms with Gasteiger partial charge in [0, 0.05) is 19.3 Å². The molecule has 1 amide bonds. The van der Waals surface area contributed by atoms with Crippen LogP contribution in [-0.4, -0.2) is 55.7 Å². The van der Waals surface area contributed by atoms with Gasteiger partial charge in [-0.1, -0.05) is 23.0 Å². The summed E-state index contributed by atoms with van der Waals surface area (Å²) in [6.45, 7) is 1.91. The Kier molecular flexibility index (Phi) is 4.00. The minimum atomic E-state index is 0.0683. The lowest BCUT2D eigenvalue weighted by Crippen LogP contribution is -2.50. The summed E-state index contributed by atoms with van der Waals surface area (Å²) in [4.78, 5) is 18.6. The largest absolute Gasteiger partial charge is 0.370 e. The Bertz CT molecular complexity index is 692. The molecule has 4 rings (SSSR count). The molecule has 0 unspecified atom stereocenters. The number of likely N-dealkylation sites (tertiary alicyclic amines) is 1. The van der Waals surface area contributed by atoms with Crippen LogP contribution in [0.2, 0.25) is 0 Å². The second-order valence-electron chi connectivity index (χ2n) is 5.67. The summed E-state index contributed by atoms with van der Waals surface area (Å²) in [5.41, 5.74) is 0.975. The third-order valence-corrected chi connectivity index (χ3v) is 5.19. The van der Waals surface area contributed by atoms with Crippen LogP contribution in [0.15, 0.2) is 35.6 Å². The molecule has 2 atom stereocenters. The predicted octanol–water partition coefficient (Wildman–Crippen LogP) is 1.14. The van der Waals surface area contributed by atoms with Crippen LogP contribution in [0.5, 0.6) is 0 Å². The van der Waals surface area contributed by atoms with Crippen molar-refractivity contribution in [1.29, 1.82) is 0 Å². The molecule has 0 N–H and O–H groups in total. The first-order chi connectivity index (χ1) is 11.3. The van der Waals surface area contributed by atoms with Crippen molar-refractivity contribution in [2.24, 2.45) is 0 Å². The molecule has 0 spiro atoms. The van der Waals surface area contributed by atoms with E-state index >= 15 is 0 Å². The number of piperidine rings is 1. The van der Waals surface area contributed by atoms with Crippen molar-refractivity contribution in [2.45, 2.75) is 30.2 Å². The van der Waals surface area contributed by atoms with Gasteiger partial charge in [-0.15, -0.1) is 5.10 Å².